The molecule has 0 bridgehead atoms. The van der Waals surface area contributed by atoms with Crippen LogP contribution in [0.5, 0.6) is 0 Å². The third-order valence-corrected chi connectivity index (χ3v) is 3.97. The van der Waals surface area contributed by atoms with Gasteiger partial charge in [0.15, 0.2) is 0 Å². The summed E-state index contributed by atoms with van der Waals surface area (Å²) >= 11 is 0. The minimum Gasteiger partial charge on any atom is -0.245 e. The molecule has 1 heterocycles. The summed E-state index contributed by atoms with van der Waals surface area (Å²) in [5.74, 6) is -0.280. The molecule has 0 aliphatic rings. The molecule has 0 radical (unpaired) electrons. The van der Waals surface area contributed by atoms with Crippen molar-refractivity contribution < 1.29 is 4.39 Å². The summed E-state index contributed by atoms with van der Waals surface area (Å²) in [7, 11) is 0. The lowest BCUT2D eigenvalue weighted by atomic mass is 9.95. The van der Waals surface area contributed by atoms with Crippen LogP contribution >= 0.6 is 0 Å². The van der Waals surface area contributed by atoms with Crippen molar-refractivity contribution in [1.29, 1.82) is 0 Å². The second kappa shape index (κ2) is 4.92. The zero-order chi connectivity index (χ0) is 15.1. The van der Waals surface area contributed by atoms with Crippen molar-refractivity contribution >= 4 is 21.8 Å². The number of hydrogen-bond donors (Lipinski definition) is 0. The van der Waals surface area contributed by atoms with Crippen molar-refractivity contribution in [3.05, 3.63) is 78.1 Å². The van der Waals surface area contributed by atoms with E-state index in [4.69, 9.17) is 0 Å². The first-order valence-electron chi connectivity index (χ1n) is 7.28. The van der Waals surface area contributed by atoms with Crippen LogP contribution in [-0.2, 0) is 0 Å². The minimum absolute atomic E-state index is 0.280. The zero-order valence-corrected chi connectivity index (χ0v) is 12.2. The van der Waals surface area contributed by atoms with Gasteiger partial charge in [0, 0.05) is 16.3 Å². The number of hydrogen-bond acceptors (Lipinski definition) is 1. The lowest BCUT2D eigenvalue weighted by Gasteiger charge is -2.12. The summed E-state index contributed by atoms with van der Waals surface area (Å²) in [4.78, 5) is 4.51. The molecule has 1 aromatic heterocycles. The second-order valence-corrected chi connectivity index (χ2v) is 5.51. The van der Waals surface area contributed by atoms with E-state index in [9.17, 15) is 4.39 Å². The van der Waals surface area contributed by atoms with Gasteiger partial charge in [-0.25, -0.2) is 9.37 Å². The molecule has 2 heteroatoms. The van der Waals surface area contributed by atoms with Gasteiger partial charge in [0.2, 0.25) is 0 Å². The van der Waals surface area contributed by atoms with Gasteiger partial charge in [-0.2, -0.15) is 0 Å². The Hall–Kier alpha value is -2.74. The Balaban J connectivity index is 2.24. The van der Waals surface area contributed by atoms with Crippen LogP contribution in [0.4, 0.5) is 4.39 Å². The quantitative estimate of drug-likeness (QED) is 0.421. The van der Waals surface area contributed by atoms with Crippen molar-refractivity contribution in [2.75, 3.05) is 0 Å². The van der Waals surface area contributed by atoms with Crippen molar-refractivity contribution in [2.45, 2.75) is 6.92 Å². The van der Waals surface area contributed by atoms with Crippen LogP contribution in [0.3, 0.4) is 0 Å². The molecule has 22 heavy (non-hydrogen) atoms. The molecule has 0 aliphatic carbocycles. The molecule has 4 aromatic rings. The maximum Gasteiger partial charge on any atom is 0.149 e. The molecule has 4 rings (SSSR count). The largest absolute Gasteiger partial charge is 0.245 e. The molecule has 0 saturated heterocycles. The van der Waals surface area contributed by atoms with E-state index in [1.165, 1.54) is 11.6 Å². The van der Waals surface area contributed by atoms with Gasteiger partial charge in [-0.3, -0.25) is 0 Å². The summed E-state index contributed by atoms with van der Waals surface area (Å²) in [6.45, 7) is 2.07. The molecule has 0 spiro atoms. The van der Waals surface area contributed by atoms with Crippen LogP contribution in [0.25, 0.3) is 32.9 Å². The van der Waals surface area contributed by atoms with E-state index in [1.54, 1.807) is 6.07 Å². The standard InChI is InChI=1S/C20H14FN/c1-13-6-4-7-14(12-13)19-15-8-2-3-11-18(15)22-20-16(19)9-5-10-17(20)21/h2-12H,1H3. The van der Waals surface area contributed by atoms with E-state index < -0.39 is 0 Å². The number of aryl methyl sites for hydroxylation is 1. The third kappa shape index (κ3) is 1.96. The highest BCUT2D eigenvalue weighted by Crippen LogP contribution is 2.35. The lowest BCUT2D eigenvalue weighted by molar-refractivity contribution is 0.637. The predicted molar refractivity (Wildman–Crippen MR) is 89.4 cm³/mol. The summed E-state index contributed by atoms with van der Waals surface area (Å²) in [6, 6.07) is 21.3. The van der Waals surface area contributed by atoms with E-state index in [-0.39, 0.29) is 5.82 Å². The summed E-state index contributed by atoms with van der Waals surface area (Å²) in [6.07, 6.45) is 0. The normalized spacial score (nSPS) is 11.2. The second-order valence-electron chi connectivity index (χ2n) is 5.51. The maximum absolute atomic E-state index is 14.2. The predicted octanol–water partition coefficient (Wildman–Crippen LogP) is 5.50. The number of para-hydroxylation sites is 2. The van der Waals surface area contributed by atoms with Gasteiger partial charge in [0.1, 0.15) is 11.3 Å². The van der Waals surface area contributed by atoms with Crippen LogP contribution in [-0.4, -0.2) is 4.98 Å². The SMILES string of the molecule is Cc1cccc(-c2c3ccccc3nc3c(F)cccc23)c1. The first-order chi connectivity index (χ1) is 10.7. The van der Waals surface area contributed by atoms with Gasteiger partial charge in [-0.1, -0.05) is 60.2 Å². The van der Waals surface area contributed by atoms with Crippen LogP contribution in [0.1, 0.15) is 5.56 Å². The fourth-order valence-corrected chi connectivity index (χ4v) is 2.99. The van der Waals surface area contributed by atoms with E-state index in [1.807, 2.05) is 36.4 Å². The Kier molecular flexibility index (Phi) is 2.90. The van der Waals surface area contributed by atoms with Crippen molar-refractivity contribution in [1.82, 2.24) is 4.98 Å². The Morgan fingerprint density at radius 2 is 1.59 bits per heavy atom. The van der Waals surface area contributed by atoms with E-state index in [2.05, 4.69) is 30.1 Å². The number of rotatable bonds is 1. The molecule has 0 amide bonds. The smallest absolute Gasteiger partial charge is 0.149 e. The van der Waals surface area contributed by atoms with Gasteiger partial charge in [0.05, 0.1) is 5.52 Å². The monoisotopic (exact) mass is 287 g/mol. The number of fused-ring (bicyclic) bond motifs is 2. The Bertz CT molecular complexity index is 1000. The van der Waals surface area contributed by atoms with Crippen molar-refractivity contribution in [3.63, 3.8) is 0 Å². The number of halogens is 1. The maximum atomic E-state index is 14.2. The molecule has 0 fully saturated rings. The van der Waals surface area contributed by atoms with Gasteiger partial charge in [-0.05, 0) is 24.6 Å². The zero-order valence-electron chi connectivity index (χ0n) is 12.2. The number of benzene rings is 3. The summed E-state index contributed by atoms with van der Waals surface area (Å²) in [5, 5.41) is 1.90. The van der Waals surface area contributed by atoms with Gasteiger partial charge in [-0.15, -0.1) is 0 Å². The van der Waals surface area contributed by atoms with Crippen LogP contribution in [0.15, 0.2) is 66.7 Å². The minimum atomic E-state index is -0.280. The Morgan fingerprint density at radius 3 is 2.45 bits per heavy atom. The first kappa shape index (κ1) is 13.0. The molecule has 106 valence electrons. The van der Waals surface area contributed by atoms with Crippen LogP contribution in [0, 0.1) is 12.7 Å². The summed E-state index contributed by atoms with van der Waals surface area (Å²) < 4.78 is 14.2. The highest BCUT2D eigenvalue weighted by Gasteiger charge is 2.13. The fourth-order valence-electron chi connectivity index (χ4n) is 2.99. The van der Waals surface area contributed by atoms with Gasteiger partial charge in [0.25, 0.3) is 0 Å². The Labute approximate surface area is 128 Å². The highest BCUT2D eigenvalue weighted by atomic mass is 19.1. The molecular formula is C20H14FN. The lowest BCUT2D eigenvalue weighted by Crippen LogP contribution is -1.91. The topological polar surface area (TPSA) is 12.9 Å². The molecule has 3 aromatic carbocycles. The van der Waals surface area contributed by atoms with Crippen LogP contribution < -0.4 is 0 Å². The molecule has 0 N–H and O–H groups in total. The first-order valence-corrected chi connectivity index (χ1v) is 7.28. The van der Waals surface area contributed by atoms with E-state index in [0.717, 1.165) is 27.4 Å². The van der Waals surface area contributed by atoms with Crippen LogP contribution in [0.2, 0.25) is 0 Å². The van der Waals surface area contributed by atoms with Gasteiger partial charge < -0.3 is 0 Å². The average molecular weight is 287 g/mol. The highest BCUT2D eigenvalue weighted by molar-refractivity contribution is 6.09. The number of pyridine rings is 1. The van der Waals surface area contributed by atoms with E-state index >= 15 is 0 Å². The van der Waals surface area contributed by atoms with Gasteiger partial charge >= 0.3 is 0 Å². The molecule has 0 saturated carbocycles. The third-order valence-electron chi connectivity index (χ3n) is 3.97. The summed E-state index contributed by atoms with van der Waals surface area (Å²) in [5.41, 5.74) is 4.57. The molecule has 0 unspecified atom stereocenters. The molecule has 0 aliphatic heterocycles. The molecule has 0 atom stereocenters. The molecule has 1 nitrogen and oxygen atoms in total. The average Bonchev–Trinajstić information content (AvgIpc) is 2.53. The number of aromatic nitrogens is 1. The Morgan fingerprint density at radius 1 is 0.818 bits per heavy atom. The van der Waals surface area contributed by atoms with Crippen molar-refractivity contribution in [2.24, 2.45) is 0 Å². The number of nitrogens with zero attached hydrogens (tertiary/aromatic N) is 1. The molecular weight excluding hydrogens is 273 g/mol. The van der Waals surface area contributed by atoms with E-state index in [0.29, 0.717) is 5.52 Å². The van der Waals surface area contributed by atoms with Crippen molar-refractivity contribution in [3.8, 4) is 11.1 Å². The fraction of sp³-hybridized carbons (Fsp3) is 0.0500.